The van der Waals surface area contributed by atoms with Gasteiger partial charge in [-0.1, -0.05) is 0 Å². The second-order valence-corrected chi connectivity index (χ2v) is 7.52. The van der Waals surface area contributed by atoms with E-state index in [1.165, 1.54) is 49.7 Å². The van der Waals surface area contributed by atoms with Gasteiger partial charge < -0.3 is 4.74 Å². The first-order valence-corrected chi connectivity index (χ1v) is 9.73. The summed E-state index contributed by atoms with van der Waals surface area (Å²) in [4.78, 5) is 22.2. The highest BCUT2D eigenvalue weighted by Gasteiger charge is 2.20. The molecule has 2 aromatic carbocycles. The monoisotopic (exact) mass is 406 g/mol. The number of amides is 1. The number of nitrogens with zero attached hydrogens (tertiary/aromatic N) is 3. The van der Waals surface area contributed by atoms with Crippen molar-refractivity contribution < 1.29 is 22.9 Å². The molecule has 1 N–H and O–H groups in total. The standard InChI is InChI=1S/C17H18N4O6S/c1-27-16-9-7-14(8-10-16)20(28(2,25)26)12-17(22)19-18-11-13-3-5-15(6-4-13)21(23)24/h3-11H,12H2,1-2H3,(H,19,22)/b18-11-. The number of hydrazone groups is 1. The van der Waals surface area contributed by atoms with Gasteiger partial charge in [-0.25, -0.2) is 13.8 Å². The molecule has 0 heterocycles. The first-order valence-electron chi connectivity index (χ1n) is 7.89. The Kier molecular flexibility index (Phi) is 6.66. The van der Waals surface area contributed by atoms with Crippen molar-refractivity contribution in [3.63, 3.8) is 0 Å². The number of nitrogens with one attached hydrogen (secondary N) is 1. The largest absolute Gasteiger partial charge is 0.497 e. The topological polar surface area (TPSA) is 131 Å². The van der Waals surface area contributed by atoms with Gasteiger partial charge in [0.2, 0.25) is 10.0 Å². The van der Waals surface area contributed by atoms with Crippen LogP contribution in [-0.4, -0.2) is 45.4 Å². The predicted octanol–water partition coefficient (Wildman–Crippen LogP) is 1.52. The molecule has 2 aromatic rings. The van der Waals surface area contributed by atoms with Crippen LogP contribution in [0.15, 0.2) is 53.6 Å². The lowest BCUT2D eigenvalue weighted by atomic mass is 10.2. The SMILES string of the molecule is COc1ccc(N(CC(=O)N/N=C\c2ccc([N+](=O)[O-])cc2)S(C)(=O)=O)cc1. The minimum atomic E-state index is -3.71. The van der Waals surface area contributed by atoms with E-state index < -0.39 is 27.4 Å². The summed E-state index contributed by atoms with van der Waals surface area (Å²) in [5, 5.41) is 14.3. The zero-order chi connectivity index (χ0) is 20.7. The van der Waals surface area contributed by atoms with Gasteiger partial charge in [0.05, 0.1) is 30.2 Å². The third kappa shape index (κ3) is 5.77. The van der Waals surface area contributed by atoms with Gasteiger partial charge in [0.15, 0.2) is 0 Å². The molecule has 28 heavy (non-hydrogen) atoms. The first kappa shape index (κ1) is 20.8. The molecule has 0 aliphatic rings. The number of benzene rings is 2. The average molecular weight is 406 g/mol. The van der Waals surface area contributed by atoms with E-state index in [1.54, 1.807) is 12.1 Å². The minimum Gasteiger partial charge on any atom is -0.497 e. The van der Waals surface area contributed by atoms with Crippen molar-refractivity contribution in [3.05, 3.63) is 64.2 Å². The Hall–Kier alpha value is -3.47. The quantitative estimate of drug-likeness (QED) is 0.402. The van der Waals surface area contributed by atoms with Crippen LogP contribution in [0, 0.1) is 10.1 Å². The number of nitro groups is 1. The summed E-state index contributed by atoms with van der Waals surface area (Å²) in [6.07, 6.45) is 2.28. The first-order chi connectivity index (χ1) is 13.2. The summed E-state index contributed by atoms with van der Waals surface area (Å²) < 4.78 is 30.0. The van der Waals surface area contributed by atoms with Gasteiger partial charge in [0, 0.05) is 12.1 Å². The van der Waals surface area contributed by atoms with Gasteiger partial charge in [-0.15, -0.1) is 0 Å². The normalized spacial score (nSPS) is 11.2. The van der Waals surface area contributed by atoms with Gasteiger partial charge in [0.1, 0.15) is 12.3 Å². The number of methoxy groups -OCH3 is 1. The second kappa shape index (κ2) is 8.95. The highest BCUT2D eigenvalue weighted by molar-refractivity contribution is 7.92. The van der Waals surface area contributed by atoms with Gasteiger partial charge in [-0.3, -0.25) is 19.2 Å². The van der Waals surface area contributed by atoms with Crippen molar-refractivity contribution in [2.24, 2.45) is 5.10 Å². The molecule has 0 aliphatic heterocycles. The van der Waals surface area contributed by atoms with Crippen molar-refractivity contribution in [2.75, 3.05) is 24.2 Å². The number of sulfonamides is 1. The molecule has 2 rings (SSSR count). The summed E-state index contributed by atoms with van der Waals surface area (Å²) in [5.74, 6) is -0.103. The third-order valence-corrected chi connectivity index (χ3v) is 4.70. The molecule has 0 saturated carbocycles. The van der Waals surface area contributed by atoms with Crippen LogP contribution in [0.25, 0.3) is 0 Å². The number of carbonyl (C=O) groups is 1. The molecule has 1 amide bonds. The fourth-order valence-corrected chi connectivity index (χ4v) is 3.03. The zero-order valence-electron chi connectivity index (χ0n) is 15.1. The van der Waals surface area contributed by atoms with Gasteiger partial charge in [-0.05, 0) is 42.0 Å². The number of hydrogen-bond acceptors (Lipinski definition) is 7. The molecule has 0 atom stereocenters. The van der Waals surface area contributed by atoms with Crippen molar-refractivity contribution in [3.8, 4) is 5.75 Å². The fraction of sp³-hybridized carbons (Fsp3) is 0.176. The van der Waals surface area contributed by atoms with Crippen molar-refractivity contribution in [2.45, 2.75) is 0 Å². The summed E-state index contributed by atoms with van der Waals surface area (Å²) in [6, 6.07) is 11.7. The number of ether oxygens (including phenoxy) is 1. The Balaban J connectivity index is 2.04. The van der Waals surface area contributed by atoms with Crippen LogP contribution >= 0.6 is 0 Å². The number of rotatable bonds is 8. The minimum absolute atomic E-state index is 0.0653. The summed E-state index contributed by atoms with van der Waals surface area (Å²) >= 11 is 0. The smallest absolute Gasteiger partial charge is 0.269 e. The van der Waals surface area contributed by atoms with Crippen LogP contribution in [0.3, 0.4) is 0 Å². The van der Waals surface area contributed by atoms with Crippen LogP contribution in [0.2, 0.25) is 0 Å². The van der Waals surface area contributed by atoms with Crippen molar-refractivity contribution in [1.29, 1.82) is 0 Å². The zero-order valence-corrected chi connectivity index (χ0v) is 15.9. The summed E-state index contributed by atoms with van der Waals surface area (Å²) in [7, 11) is -2.22. The molecule has 11 heteroatoms. The number of carbonyl (C=O) groups excluding carboxylic acids is 1. The third-order valence-electron chi connectivity index (χ3n) is 3.55. The molecule has 0 saturated heterocycles. The molecule has 0 radical (unpaired) electrons. The molecule has 0 aliphatic carbocycles. The van der Waals surface area contributed by atoms with Gasteiger partial charge in [-0.2, -0.15) is 5.10 Å². The highest BCUT2D eigenvalue weighted by atomic mass is 32.2. The molecule has 0 bridgehead atoms. The van der Waals surface area contributed by atoms with Crippen LogP contribution < -0.4 is 14.5 Å². The molecule has 10 nitrogen and oxygen atoms in total. The lowest BCUT2D eigenvalue weighted by Crippen LogP contribution is -2.39. The molecule has 0 spiro atoms. The van der Waals surface area contributed by atoms with Crippen molar-refractivity contribution >= 4 is 33.5 Å². The van der Waals surface area contributed by atoms with E-state index in [-0.39, 0.29) is 5.69 Å². The molecule has 0 aromatic heterocycles. The highest BCUT2D eigenvalue weighted by Crippen LogP contribution is 2.21. The number of non-ortho nitro benzene ring substituents is 1. The number of anilines is 1. The molecule has 148 valence electrons. The summed E-state index contributed by atoms with van der Waals surface area (Å²) in [5.41, 5.74) is 3.00. The predicted molar refractivity (Wildman–Crippen MR) is 104 cm³/mol. The summed E-state index contributed by atoms with van der Waals surface area (Å²) in [6.45, 7) is -0.469. The molecule has 0 fully saturated rings. The maximum Gasteiger partial charge on any atom is 0.269 e. The van der Waals surface area contributed by atoms with Crippen LogP contribution in [0.5, 0.6) is 5.75 Å². The maximum absolute atomic E-state index is 12.1. The van der Waals surface area contributed by atoms with E-state index >= 15 is 0 Å². The Morgan fingerprint density at radius 3 is 2.32 bits per heavy atom. The van der Waals surface area contributed by atoms with E-state index in [9.17, 15) is 23.3 Å². The van der Waals surface area contributed by atoms with Crippen LogP contribution in [0.1, 0.15) is 5.56 Å². The van der Waals surface area contributed by atoms with Crippen LogP contribution in [-0.2, 0) is 14.8 Å². The number of nitro benzene ring substituents is 1. The van der Waals surface area contributed by atoms with E-state index in [1.807, 2.05) is 0 Å². The second-order valence-electron chi connectivity index (χ2n) is 5.61. The maximum atomic E-state index is 12.1. The van der Waals surface area contributed by atoms with Gasteiger partial charge >= 0.3 is 0 Å². The van der Waals surface area contributed by atoms with Gasteiger partial charge in [0.25, 0.3) is 11.6 Å². The Morgan fingerprint density at radius 2 is 1.82 bits per heavy atom. The molecule has 0 unspecified atom stereocenters. The Bertz CT molecular complexity index is 972. The van der Waals surface area contributed by atoms with E-state index in [4.69, 9.17) is 4.74 Å². The molecular weight excluding hydrogens is 388 g/mol. The fourth-order valence-electron chi connectivity index (χ4n) is 2.18. The van der Waals surface area contributed by atoms with E-state index in [0.717, 1.165) is 10.6 Å². The molecular formula is C17H18N4O6S. The lowest BCUT2D eigenvalue weighted by Gasteiger charge is -2.21. The van der Waals surface area contributed by atoms with Crippen LogP contribution in [0.4, 0.5) is 11.4 Å². The average Bonchev–Trinajstić information content (AvgIpc) is 2.66. The van der Waals surface area contributed by atoms with E-state index in [0.29, 0.717) is 17.0 Å². The van der Waals surface area contributed by atoms with E-state index in [2.05, 4.69) is 10.5 Å². The van der Waals surface area contributed by atoms with Crippen molar-refractivity contribution in [1.82, 2.24) is 5.43 Å². The Morgan fingerprint density at radius 1 is 1.21 bits per heavy atom. The lowest BCUT2D eigenvalue weighted by molar-refractivity contribution is -0.384. The number of hydrogen-bond donors (Lipinski definition) is 1. The Labute approximate surface area is 161 Å².